The molecule has 2 nitrogen and oxygen atoms in total. The average molecular weight is 191 g/mol. The summed E-state index contributed by atoms with van der Waals surface area (Å²) in [5.74, 6) is 0. The van der Waals surface area contributed by atoms with Gasteiger partial charge in [0.05, 0.1) is 12.5 Å². The summed E-state index contributed by atoms with van der Waals surface area (Å²) in [5, 5.41) is 3.55. The normalized spacial score (nSPS) is 30.1. The molecule has 2 heterocycles. The van der Waals surface area contributed by atoms with Crippen LogP contribution in [0.4, 0.5) is 0 Å². The van der Waals surface area contributed by atoms with Gasteiger partial charge >= 0.3 is 0 Å². The average Bonchev–Trinajstić information content (AvgIpc) is 2.71. The van der Waals surface area contributed by atoms with Gasteiger partial charge in [-0.05, 0) is 18.9 Å². The molecule has 76 valence electrons. The van der Waals surface area contributed by atoms with Crippen LogP contribution >= 0.6 is 0 Å². The number of furan rings is 1. The second-order valence-corrected chi connectivity index (χ2v) is 4.79. The zero-order chi connectivity index (χ0) is 9.43. The van der Waals surface area contributed by atoms with Gasteiger partial charge in [0.2, 0.25) is 0 Å². The Hall–Kier alpha value is -0.760. The SMILES string of the molecule is c1cc(C2NCC23CCCCC3)co1. The highest BCUT2D eigenvalue weighted by atomic mass is 16.3. The molecule has 1 saturated carbocycles. The highest BCUT2D eigenvalue weighted by Crippen LogP contribution is 2.51. The molecule has 1 saturated heterocycles. The van der Waals surface area contributed by atoms with Crippen molar-refractivity contribution in [1.82, 2.24) is 5.32 Å². The van der Waals surface area contributed by atoms with E-state index in [1.807, 2.05) is 6.26 Å². The van der Waals surface area contributed by atoms with Gasteiger partial charge in [-0.25, -0.2) is 0 Å². The third-order valence-electron chi connectivity index (χ3n) is 4.00. The van der Waals surface area contributed by atoms with E-state index in [0.29, 0.717) is 11.5 Å². The number of rotatable bonds is 1. The van der Waals surface area contributed by atoms with Crippen molar-refractivity contribution < 1.29 is 4.42 Å². The maximum absolute atomic E-state index is 5.17. The largest absolute Gasteiger partial charge is 0.472 e. The van der Waals surface area contributed by atoms with Crippen molar-refractivity contribution in [3.8, 4) is 0 Å². The van der Waals surface area contributed by atoms with Crippen LogP contribution in [0.25, 0.3) is 0 Å². The topological polar surface area (TPSA) is 25.2 Å². The van der Waals surface area contributed by atoms with Crippen LogP contribution in [0.3, 0.4) is 0 Å². The number of hydrogen-bond donors (Lipinski definition) is 1. The van der Waals surface area contributed by atoms with E-state index >= 15 is 0 Å². The highest BCUT2D eigenvalue weighted by molar-refractivity contribution is 5.21. The molecule has 1 atom stereocenters. The van der Waals surface area contributed by atoms with Gasteiger partial charge in [-0.2, -0.15) is 0 Å². The van der Waals surface area contributed by atoms with E-state index in [2.05, 4.69) is 11.4 Å². The Morgan fingerprint density at radius 2 is 2.14 bits per heavy atom. The molecule has 0 amide bonds. The van der Waals surface area contributed by atoms with Crippen LogP contribution in [-0.4, -0.2) is 6.54 Å². The van der Waals surface area contributed by atoms with Gasteiger partial charge in [-0.15, -0.1) is 0 Å². The summed E-state index contributed by atoms with van der Waals surface area (Å²) >= 11 is 0. The lowest BCUT2D eigenvalue weighted by Crippen LogP contribution is -2.56. The van der Waals surface area contributed by atoms with Crippen LogP contribution in [0.15, 0.2) is 23.0 Å². The van der Waals surface area contributed by atoms with Crippen molar-refractivity contribution in [2.24, 2.45) is 5.41 Å². The second-order valence-electron chi connectivity index (χ2n) is 4.79. The third kappa shape index (κ3) is 1.13. The molecule has 1 aliphatic heterocycles. The van der Waals surface area contributed by atoms with Crippen molar-refractivity contribution in [3.05, 3.63) is 24.2 Å². The molecule has 3 rings (SSSR count). The Bertz CT molecular complexity index is 298. The Kier molecular flexibility index (Phi) is 1.91. The zero-order valence-corrected chi connectivity index (χ0v) is 8.46. The second kappa shape index (κ2) is 3.13. The zero-order valence-electron chi connectivity index (χ0n) is 8.46. The fraction of sp³-hybridized carbons (Fsp3) is 0.667. The smallest absolute Gasteiger partial charge is 0.0950 e. The molecule has 2 fully saturated rings. The van der Waals surface area contributed by atoms with Crippen LogP contribution in [0.5, 0.6) is 0 Å². The molecule has 1 N–H and O–H groups in total. The lowest BCUT2D eigenvalue weighted by Gasteiger charge is -2.52. The summed E-state index contributed by atoms with van der Waals surface area (Å²) in [5.41, 5.74) is 1.92. The van der Waals surface area contributed by atoms with Crippen LogP contribution in [0.2, 0.25) is 0 Å². The maximum atomic E-state index is 5.17. The van der Waals surface area contributed by atoms with Crippen molar-refractivity contribution in [3.63, 3.8) is 0 Å². The minimum atomic E-state index is 0.571. The lowest BCUT2D eigenvalue weighted by atomic mass is 9.63. The van der Waals surface area contributed by atoms with Crippen LogP contribution in [0.1, 0.15) is 43.7 Å². The summed E-state index contributed by atoms with van der Waals surface area (Å²) in [6, 6.07) is 2.68. The van der Waals surface area contributed by atoms with E-state index < -0.39 is 0 Å². The quantitative estimate of drug-likeness (QED) is 0.738. The fourth-order valence-electron chi connectivity index (χ4n) is 3.12. The van der Waals surface area contributed by atoms with Gasteiger partial charge in [0, 0.05) is 23.6 Å². The predicted octanol–water partition coefficient (Wildman–Crippen LogP) is 2.87. The van der Waals surface area contributed by atoms with Gasteiger partial charge in [0.25, 0.3) is 0 Å². The summed E-state index contributed by atoms with van der Waals surface area (Å²) in [6.07, 6.45) is 10.7. The van der Waals surface area contributed by atoms with Gasteiger partial charge in [-0.3, -0.25) is 0 Å². The van der Waals surface area contributed by atoms with Gasteiger partial charge in [0.1, 0.15) is 0 Å². The van der Waals surface area contributed by atoms with Crippen molar-refractivity contribution in [2.45, 2.75) is 38.1 Å². The van der Waals surface area contributed by atoms with Crippen LogP contribution < -0.4 is 5.32 Å². The first kappa shape index (κ1) is 8.54. The third-order valence-corrected chi connectivity index (χ3v) is 4.00. The standard InChI is InChI=1S/C12H17NO/c1-2-5-12(6-3-1)9-13-11(12)10-4-7-14-8-10/h4,7-8,11,13H,1-3,5-6,9H2. The molecule has 1 aliphatic carbocycles. The van der Waals surface area contributed by atoms with E-state index in [4.69, 9.17) is 4.42 Å². The molecule has 0 radical (unpaired) electrons. The minimum absolute atomic E-state index is 0.571. The molecular formula is C12H17NO. The van der Waals surface area contributed by atoms with E-state index in [1.54, 1.807) is 6.26 Å². The molecular weight excluding hydrogens is 174 g/mol. The Balaban J connectivity index is 1.81. The molecule has 1 unspecified atom stereocenters. The van der Waals surface area contributed by atoms with E-state index in [0.717, 1.165) is 0 Å². The molecule has 14 heavy (non-hydrogen) atoms. The van der Waals surface area contributed by atoms with Gasteiger partial charge in [-0.1, -0.05) is 19.3 Å². The highest BCUT2D eigenvalue weighted by Gasteiger charge is 2.47. The van der Waals surface area contributed by atoms with E-state index in [-0.39, 0.29) is 0 Å². The molecule has 1 aromatic heterocycles. The number of nitrogens with one attached hydrogen (secondary N) is 1. The maximum Gasteiger partial charge on any atom is 0.0950 e. The van der Waals surface area contributed by atoms with Crippen LogP contribution in [0, 0.1) is 5.41 Å². The summed E-state index contributed by atoms with van der Waals surface area (Å²) in [6.45, 7) is 1.21. The first-order valence-corrected chi connectivity index (χ1v) is 5.66. The molecule has 1 aromatic rings. The monoisotopic (exact) mass is 191 g/mol. The minimum Gasteiger partial charge on any atom is -0.472 e. The van der Waals surface area contributed by atoms with Gasteiger partial charge < -0.3 is 9.73 Å². The predicted molar refractivity (Wildman–Crippen MR) is 55.0 cm³/mol. The molecule has 0 aromatic carbocycles. The Morgan fingerprint density at radius 1 is 1.29 bits per heavy atom. The first-order valence-electron chi connectivity index (χ1n) is 5.66. The Labute approximate surface area is 84.7 Å². The molecule has 1 spiro atoms. The first-order chi connectivity index (χ1) is 6.91. The van der Waals surface area contributed by atoms with Crippen molar-refractivity contribution >= 4 is 0 Å². The fourth-order valence-corrected chi connectivity index (χ4v) is 3.12. The van der Waals surface area contributed by atoms with Crippen LogP contribution in [-0.2, 0) is 0 Å². The van der Waals surface area contributed by atoms with Gasteiger partial charge in [0.15, 0.2) is 0 Å². The summed E-state index contributed by atoms with van der Waals surface area (Å²) in [4.78, 5) is 0. The summed E-state index contributed by atoms with van der Waals surface area (Å²) < 4.78 is 5.17. The Morgan fingerprint density at radius 3 is 2.71 bits per heavy atom. The molecule has 2 aliphatic rings. The van der Waals surface area contributed by atoms with E-state index in [9.17, 15) is 0 Å². The summed E-state index contributed by atoms with van der Waals surface area (Å²) in [7, 11) is 0. The van der Waals surface area contributed by atoms with E-state index in [1.165, 1.54) is 44.2 Å². The van der Waals surface area contributed by atoms with Crippen molar-refractivity contribution in [1.29, 1.82) is 0 Å². The number of hydrogen-bond acceptors (Lipinski definition) is 2. The molecule has 2 heteroatoms. The molecule has 0 bridgehead atoms. The lowest BCUT2D eigenvalue weighted by molar-refractivity contribution is 0.0357. The van der Waals surface area contributed by atoms with Crippen molar-refractivity contribution in [2.75, 3.05) is 6.54 Å².